The van der Waals surface area contributed by atoms with Gasteiger partial charge in [0.05, 0.1) is 44.4 Å². The first-order valence-corrected chi connectivity index (χ1v) is 11.7. The van der Waals surface area contributed by atoms with Crippen LogP contribution in [0.15, 0.2) is 64.5 Å². The fourth-order valence-electron chi connectivity index (χ4n) is 3.70. The summed E-state index contributed by atoms with van der Waals surface area (Å²) in [5, 5.41) is 11.7. The smallest absolute Gasteiger partial charge is 0.269 e. The van der Waals surface area contributed by atoms with Gasteiger partial charge in [-0.2, -0.15) is 0 Å². The molecule has 0 fully saturated rings. The monoisotopic (exact) mass is 509 g/mol. The van der Waals surface area contributed by atoms with Gasteiger partial charge in [0.1, 0.15) is 11.3 Å². The van der Waals surface area contributed by atoms with Crippen molar-refractivity contribution in [2.45, 2.75) is 10.9 Å². The number of nitro groups is 1. The average Bonchev–Trinajstić information content (AvgIpc) is 2.91. The van der Waals surface area contributed by atoms with Gasteiger partial charge in [-0.1, -0.05) is 30.0 Å². The lowest BCUT2D eigenvalue weighted by atomic mass is 10.2. The number of fused-ring (bicyclic) bond motifs is 1. The molecule has 10 nitrogen and oxygen atoms in total. The topological polar surface area (TPSA) is 115 Å². The maximum absolute atomic E-state index is 13.9. The summed E-state index contributed by atoms with van der Waals surface area (Å²) < 4.78 is 23.3. The van der Waals surface area contributed by atoms with Crippen LogP contribution in [0.5, 0.6) is 23.0 Å². The standard InChI is InChI=1S/C25H23N3O7S/c1-32-18-7-5-6-17(12-18)27-24(29)19-13-20(33-2)22(34-3)23(35-4)21(19)26-25(27)36-14-15-8-10-16(11-9-15)28(30)31/h5-13H,14H2,1-4H3. The minimum Gasteiger partial charge on any atom is -0.497 e. The van der Waals surface area contributed by atoms with Gasteiger partial charge in [-0.05, 0) is 23.8 Å². The highest BCUT2D eigenvalue weighted by Crippen LogP contribution is 2.42. The Labute approximate surface area is 210 Å². The Kier molecular flexibility index (Phi) is 7.30. The van der Waals surface area contributed by atoms with Gasteiger partial charge < -0.3 is 18.9 Å². The van der Waals surface area contributed by atoms with Crippen molar-refractivity contribution < 1.29 is 23.9 Å². The first-order chi connectivity index (χ1) is 17.4. The highest BCUT2D eigenvalue weighted by molar-refractivity contribution is 7.98. The molecule has 36 heavy (non-hydrogen) atoms. The van der Waals surface area contributed by atoms with E-state index in [1.807, 2.05) is 0 Å². The molecule has 11 heteroatoms. The van der Waals surface area contributed by atoms with Crippen LogP contribution in [-0.2, 0) is 5.75 Å². The summed E-state index contributed by atoms with van der Waals surface area (Å²) >= 11 is 1.31. The van der Waals surface area contributed by atoms with Gasteiger partial charge in [0.25, 0.3) is 11.2 Å². The van der Waals surface area contributed by atoms with E-state index in [0.29, 0.717) is 39.4 Å². The zero-order valence-electron chi connectivity index (χ0n) is 20.0. The van der Waals surface area contributed by atoms with E-state index in [9.17, 15) is 14.9 Å². The molecule has 0 atom stereocenters. The summed E-state index contributed by atoms with van der Waals surface area (Å²) in [7, 11) is 5.97. The lowest BCUT2D eigenvalue weighted by Crippen LogP contribution is -2.22. The molecule has 4 aromatic rings. The van der Waals surface area contributed by atoms with Gasteiger partial charge in [-0.25, -0.2) is 4.98 Å². The van der Waals surface area contributed by atoms with Crippen molar-refractivity contribution in [2.75, 3.05) is 28.4 Å². The third kappa shape index (κ3) is 4.65. The first kappa shape index (κ1) is 24.9. The Balaban J connectivity index is 1.92. The zero-order valence-corrected chi connectivity index (χ0v) is 20.8. The quantitative estimate of drug-likeness (QED) is 0.138. The number of rotatable bonds is 9. The van der Waals surface area contributed by atoms with Crippen molar-refractivity contribution in [3.05, 3.63) is 80.6 Å². The summed E-state index contributed by atoms with van der Waals surface area (Å²) in [5.74, 6) is 1.93. The number of hydrogen-bond acceptors (Lipinski definition) is 9. The molecule has 1 heterocycles. The van der Waals surface area contributed by atoms with Gasteiger partial charge in [0, 0.05) is 24.0 Å². The van der Waals surface area contributed by atoms with Crippen LogP contribution in [0.2, 0.25) is 0 Å². The third-order valence-electron chi connectivity index (χ3n) is 5.46. The van der Waals surface area contributed by atoms with E-state index < -0.39 is 4.92 Å². The van der Waals surface area contributed by atoms with Crippen molar-refractivity contribution >= 4 is 28.4 Å². The summed E-state index contributed by atoms with van der Waals surface area (Å²) in [6.45, 7) is 0. The van der Waals surface area contributed by atoms with Crippen LogP contribution >= 0.6 is 11.8 Å². The molecule has 0 saturated carbocycles. The van der Waals surface area contributed by atoms with Crippen LogP contribution in [0.1, 0.15) is 5.56 Å². The fraction of sp³-hybridized carbons (Fsp3) is 0.200. The van der Waals surface area contributed by atoms with Crippen LogP contribution in [0.25, 0.3) is 16.6 Å². The summed E-state index contributed by atoms with van der Waals surface area (Å²) in [4.78, 5) is 29.2. The summed E-state index contributed by atoms with van der Waals surface area (Å²) in [6.07, 6.45) is 0. The molecule has 0 unspecified atom stereocenters. The van der Waals surface area contributed by atoms with Crippen LogP contribution in [0, 0.1) is 10.1 Å². The predicted octanol–water partition coefficient (Wildman–Crippen LogP) is 4.62. The van der Waals surface area contributed by atoms with Crippen molar-refractivity contribution in [3.8, 4) is 28.7 Å². The van der Waals surface area contributed by atoms with E-state index in [0.717, 1.165) is 5.56 Å². The Bertz CT molecular complexity index is 1490. The molecule has 1 aromatic heterocycles. The molecule has 0 amide bonds. The van der Waals surface area contributed by atoms with E-state index in [2.05, 4.69) is 0 Å². The van der Waals surface area contributed by atoms with Gasteiger partial charge in [0.2, 0.25) is 5.75 Å². The number of benzene rings is 3. The SMILES string of the molecule is COc1cccc(-n2c(SCc3ccc([N+](=O)[O-])cc3)nc3c(OC)c(OC)c(OC)cc3c2=O)c1. The molecule has 0 spiro atoms. The van der Waals surface area contributed by atoms with Crippen LogP contribution in [0.4, 0.5) is 5.69 Å². The number of hydrogen-bond donors (Lipinski definition) is 0. The summed E-state index contributed by atoms with van der Waals surface area (Å²) in [5.41, 5.74) is 1.39. The minimum absolute atomic E-state index is 0.00616. The van der Waals surface area contributed by atoms with E-state index >= 15 is 0 Å². The fourth-order valence-corrected chi connectivity index (χ4v) is 4.67. The molecule has 0 bridgehead atoms. The molecule has 0 N–H and O–H groups in total. The van der Waals surface area contributed by atoms with Gasteiger partial charge in [-0.3, -0.25) is 19.5 Å². The number of methoxy groups -OCH3 is 4. The maximum Gasteiger partial charge on any atom is 0.269 e. The first-order valence-electron chi connectivity index (χ1n) is 10.7. The number of nitrogens with zero attached hydrogens (tertiary/aromatic N) is 3. The van der Waals surface area contributed by atoms with Crippen LogP contribution in [0.3, 0.4) is 0 Å². The zero-order chi connectivity index (χ0) is 25.8. The second-order valence-corrected chi connectivity index (χ2v) is 8.43. The Hall–Kier alpha value is -4.25. The Morgan fingerprint density at radius 2 is 1.67 bits per heavy atom. The lowest BCUT2D eigenvalue weighted by molar-refractivity contribution is -0.384. The van der Waals surface area contributed by atoms with E-state index in [-0.39, 0.29) is 22.4 Å². The molecular weight excluding hydrogens is 486 g/mol. The van der Waals surface area contributed by atoms with E-state index in [4.69, 9.17) is 23.9 Å². The van der Waals surface area contributed by atoms with Gasteiger partial charge in [-0.15, -0.1) is 0 Å². The van der Waals surface area contributed by atoms with E-state index in [1.165, 1.54) is 49.8 Å². The molecule has 4 rings (SSSR count). The van der Waals surface area contributed by atoms with Crippen LogP contribution < -0.4 is 24.5 Å². The van der Waals surface area contributed by atoms with Gasteiger partial charge in [0.15, 0.2) is 16.7 Å². The minimum atomic E-state index is -0.448. The second kappa shape index (κ2) is 10.6. The average molecular weight is 510 g/mol. The number of ether oxygens (including phenoxy) is 4. The number of thioether (sulfide) groups is 1. The number of nitro benzene ring substituents is 1. The largest absolute Gasteiger partial charge is 0.497 e. The summed E-state index contributed by atoms with van der Waals surface area (Å²) in [6, 6.07) is 14.9. The Morgan fingerprint density at radius 3 is 2.28 bits per heavy atom. The maximum atomic E-state index is 13.9. The Morgan fingerprint density at radius 1 is 0.944 bits per heavy atom. The highest BCUT2D eigenvalue weighted by Gasteiger charge is 2.23. The van der Waals surface area contributed by atoms with Crippen molar-refractivity contribution in [3.63, 3.8) is 0 Å². The van der Waals surface area contributed by atoms with Crippen molar-refractivity contribution in [2.24, 2.45) is 0 Å². The predicted molar refractivity (Wildman–Crippen MR) is 136 cm³/mol. The molecule has 3 aromatic carbocycles. The second-order valence-electron chi connectivity index (χ2n) is 7.49. The molecule has 0 aliphatic rings. The molecule has 0 aliphatic carbocycles. The number of aromatic nitrogens is 2. The molecule has 0 aliphatic heterocycles. The molecule has 186 valence electrons. The molecular formula is C25H23N3O7S. The van der Waals surface area contributed by atoms with Crippen molar-refractivity contribution in [1.82, 2.24) is 9.55 Å². The van der Waals surface area contributed by atoms with Gasteiger partial charge >= 0.3 is 0 Å². The molecule has 0 saturated heterocycles. The van der Waals surface area contributed by atoms with Crippen LogP contribution in [-0.4, -0.2) is 42.9 Å². The third-order valence-corrected chi connectivity index (χ3v) is 6.47. The van der Waals surface area contributed by atoms with Crippen molar-refractivity contribution in [1.29, 1.82) is 0 Å². The normalized spacial score (nSPS) is 10.8. The molecule has 0 radical (unpaired) electrons. The van der Waals surface area contributed by atoms with E-state index in [1.54, 1.807) is 49.6 Å². The highest BCUT2D eigenvalue weighted by atomic mass is 32.2. The number of non-ortho nitro benzene ring substituents is 1. The lowest BCUT2D eigenvalue weighted by Gasteiger charge is -2.18.